The number of hydrogen-bond acceptors (Lipinski definition) is 3. The molecule has 1 aliphatic heterocycles. The van der Waals surface area contributed by atoms with Gasteiger partial charge in [0.1, 0.15) is 0 Å². The van der Waals surface area contributed by atoms with Crippen LogP contribution in [0.15, 0.2) is 16.3 Å². The molecule has 0 aromatic carbocycles. The van der Waals surface area contributed by atoms with Crippen LogP contribution in [0.3, 0.4) is 0 Å². The first kappa shape index (κ1) is 12.2. The third-order valence-corrected chi connectivity index (χ3v) is 3.03. The number of nitrogens with zero attached hydrogens (tertiary/aromatic N) is 1. The second-order valence-corrected chi connectivity index (χ2v) is 4.39. The normalized spacial score (nSPS) is 22.8. The van der Waals surface area contributed by atoms with Gasteiger partial charge in [-0.1, -0.05) is 20.3 Å². The van der Waals surface area contributed by atoms with E-state index in [1.54, 1.807) is 0 Å². The van der Waals surface area contributed by atoms with Crippen molar-refractivity contribution in [3.05, 3.63) is 11.3 Å². The van der Waals surface area contributed by atoms with E-state index in [-0.39, 0.29) is 6.29 Å². The second kappa shape index (κ2) is 5.91. The first-order chi connectivity index (χ1) is 7.13. The van der Waals surface area contributed by atoms with Gasteiger partial charge in [0, 0.05) is 11.9 Å². The Morgan fingerprint density at radius 1 is 1.53 bits per heavy atom. The van der Waals surface area contributed by atoms with Gasteiger partial charge in [-0.3, -0.25) is 10.3 Å². The van der Waals surface area contributed by atoms with Crippen molar-refractivity contribution in [1.82, 2.24) is 10.6 Å². The van der Waals surface area contributed by atoms with E-state index in [0.29, 0.717) is 0 Å². The van der Waals surface area contributed by atoms with Crippen molar-refractivity contribution in [2.45, 2.75) is 46.8 Å². The minimum absolute atomic E-state index is 0.0674. The molecular formula is C12H23N3. The van der Waals surface area contributed by atoms with Gasteiger partial charge < -0.3 is 5.32 Å². The molecule has 3 heteroatoms. The van der Waals surface area contributed by atoms with Gasteiger partial charge in [0.25, 0.3) is 0 Å². The molecule has 2 N–H and O–H groups in total. The van der Waals surface area contributed by atoms with Crippen LogP contribution in [0.5, 0.6) is 0 Å². The molecule has 86 valence electrons. The summed E-state index contributed by atoms with van der Waals surface area (Å²) in [6.07, 6.45) is 4.47. The molecule has 0 bridgehead atoms. The Hall–Kier alpha value is -0.830. The highest BCUT2D eigenvalue weighted by Gasteiger charge is 2.10. The molecule has 15 heavy (non-hydrogen) atoms. The van der Waals surface area contributed by atoms with Crippen molar-refractivity contribution < 1.29 is 0 Å². The zero-order chi connectivity index (χ0) is 11.3. The molecule has 0 aromatic heterocycles. The molecule has 0 spiro atoms. The van der Waals surface area contributed by atoms with E-state index < -0.39 is 0 Å². The summed E-state index contributed by atoms with van der Waals surface area (Å²) in [7, 11) is 0. The predicted octanol–water partition coefficient (Wildman–Crippen LogP) is 2.26. The van der Waals surface area contributed by atoms with Crippen LogP contribution in [0.2, 0.25) is 0 Å². The molecule has 3 nitrogen and oxygen atoms in total. The maximum absolute atomic E-state index is 4.38. The van der Waals surface area contributed by atoms with E-state index in [1.165, 1.54) is 24.1 Å². The van der Waals surface area contributed by atoms with Crippen molar-refractivity contribution in [3.8, 4) is 0 Å². The largest absolute Gasteiger partial charge is 0.355 e. The number of rotatable bonds is 5. The number of nitrogens with one attached hydrogen (secondary N) is 2. The fraction of sp³-hybridized carbons (Fsp3) is 0.750. The quantitative estimate of drug-likeness (QED) is 0.728. The first-order valence-electron chi connectivity index (χ1n) is 5.84. The molecular weight excluding hydrogens is 186 g/mol. The minimum Gasteiger partial charge on any atom is -0.355 e. The minimum atomic E-state index is 0.0674. The molecule has 1 rings (SSSR count). The Bertz CT molecular complexity index is 256. The fourth-order valence-electron chi connectivity index (χ4n) is 1.41. The summed E-state index contributed by atoms with van der Waals surface area (Å²) in [4.78, 5) is 4.38. The van der Waals surface area contributed by atoms with Crippen LogP contribution in [0.4, 0.5) is 0 Å². The number of allylic oxidation sites excluding steroid dienone is 2. The van der Waals surface area contributed by atoms with Crippen molar-refractivity contribution in [1.29, 1.82) is 0 Å². The van der Waals surface area contributed by atoms with E-state index >= 15 is 0 Å². The van der Waals surface area contributed by atoms with Crippen LogP contribution in [-0.2, 0) is 0 Å². The van der Waals surface area contributed by atoms with Gasteiger partial charge in [-0.05, 0) is 38.3 Å². The molecule has 0 aliphatic carbocycles. The number of aliphatic imine (C=N–C) groups is 1. The number of hydrogen-bond donors (Lipinski definition) is 2. The highest BCUT2D eigenvalue weighted by molar-refractivity contribution is 5.79. The average Bonchev–Trinajstić information content (AvgIpc) is 2.23. The third-order valence-electron chi connectivity index (χ3n) is 3.03. The first-order valence-corrected chi connectivity index (χ1v) is 5.84. The molecule has 0 saturated carbocycles. The van der Waals surface area contributed by atoms with Crippen molar-refractivity contribution in [2.24, 2.45) is 10.9 Å². The lowest BCUT2D eigenvalue weighted by molar-refractivity contribution is 0.423. The summed E-state index contributed by atoms with van der Waals surface area (Å²) >= 11 is 0. The van der Waals surface area contributed by atoms with Gasteiger partial charge in [-0.25, -0.2) is 0 Å². The molecule has 1 heterocycles. The molecule has 2 atom stereocenters. The zero-order valence-corrected chi connectivity index (χ0v) is 10.3. The smallest absolute Gasteiger partial charge is 0.173 e. The van der Waals surface area contributed by atoms with E-state index in [9.17, 15) is 0 Å². The van der Waals surface area contributed by atoms with Gasteiger partial charge in [-0.15, -0.1) is 0 Å². The summed E-state index contributed by atoms with van der Waals surface area (Å²) in [6.45, 7) is 9.70. The van der Waals surface area contributed by atoms with Crippen LogP contribution in [0, 0.1) is 5.92 Å². The molecule has 0 amide bonds. The summed E-state index contributed by atoms with van der Waals surface area (Å²) in [5, 5.41) is 6.72. The molecule has 0 fully saturated rings. The Labute approximate surface area is 93.1 Å². The van der Waals surface area contributed by atoms with E-state index in [4.69, 9.17) is 0 Å². The van der Waals surface area contributed by atoms with Crippen molar-refractivity contribution >= 4 is 6.21 Å². The van der Waals surface area contributed by atoms with Gasteiger partial charge in [0.05, 0.1) is 0 Å². The average molecular weight is 209 g/mol. The van der Waals surface area contributed by atoms with Crippen molar-refractivity contribution in [3.63, 3.8) is 0 Å². The maximum Gasteiger partial charge on any atom is 0.173 e. The van der Waals surface area contributed by atoms with Crippen LogP contribution in [0.25, 0.3) is 0 Å². The highest BCUT2D eigenvalue weighted by atomic mass is 15.3. The molecule has 0 saturated heterocycles. The van der Waals surface area contributed by atoms with Gasteiger partial charge >= 0.3 is 0 Å². The van der Waals surface area contributed by atoms with Gasteiger partial charge in [0.2, 0.25) is 0 Å². The lowest BCUT2D eigenvalue weighted by Gasteiger charge is -2.22. The fourth-order valence-corrected chi connectivity index (χ4v) is 1.41. The van der Waals surface area contributed by atoms with Crippen LogP contribution >= 0.6 is 0 Å². The Balaban J connectivity index is 2.23. The Morgan fingerprint density at radius 3 is 2.87 bits per heavy atom. The summed E-state index contributed by atoms with van der Waals surface area (Å²) < 4.78 is 0. The molecule has 0 radical (unpaired) electrons. The SMILES string of the molecule is CC[C@@H](C)CCNC1N=CC(C)=C(C)N1. The lowest BCUT2D eigenvalue weighted by atomic mass is 10.1. The van der Waals surface area contributed by atoms with Crippen LogP contribution in [0.1, 0.15) is 40.5 Å². The summed E-state index contributed by atoms with van der Waals surface area (Å²) in [5.41, 5.74) is 2.43. The van der Waals surface area contributed by atoms with Crippen LogP contribution in [-0.4, -0.2) is 19.0 Å². The van der Waals surface area contributed by atoms with Gasteiger partial charge in [0.15, 0.2) is 6.29 Å². The molecule has 1 unspecified atom stereocenters. The van der Waals surface area contributed by atoms with E-state index in [0.717, 1.165) is 12.5 Å². The van der Waals surface area contributed by atoms with Crippen molar-refractivity contribution in [2.75, 3.05) is 6.54 Å². The topological polar surface area (TPSA) is 36.4 Å². The standard InChI is InChI=1S/C12H23N3/c1-5-9(2)6-7-13-12-14-8-10(3)11(4)15-12/h8-9,12-13,15H,5-7H2,1-4H3/t9-,12?/m1/s1. The van der Waals surface area contributed by atoms with Crippen LogP contribution < -0.4 is 10.6 Å². The highest BCUT2D eigenvalue weighted by Crippen LogP contribution is 2.06. The van der Waals surface area contributed by atoms with E-state index in [2.05, 4.69) is 43.3 Å². The predicted molar refractivity (Wildman–Crippen MR) is 65.9 cm³/mol. The third kappa shape index (κ3) is 4.04. The zero-order valence-electron chi connectivity index (χ0n) is 10.3. The Morgan fingerprint density at radius 2 is 2.27 bits per heavy atom. The molecule has 1 aliphatic rings. The monoisotopic (exact) mass is 209 g/mol. The van der Waals surface area contributed by atoms with Gasteiger partial charge in [-0.2, -0.15) is 0 Å². The second-order valence-electron chi connectivity index (χ2n) is 4.39. The van der Waals surface area contributed by atoms with E-state index in [1.807, 2.05) is 6.21 Å². The summed E-state index contributed by atoms with van der Waals surface area (Å²) in [5.74, 6) is 0.795. The summed E-state index contributed by atoms with van der Waals surface area (Å²) in [6, 6.07) is 0. The lowest BCUT2D eigenvalue weighted by Crippen LogP contribution is -2.42. The molecule has 0 aromatic rings. The Kier molecular flexibility index (Phi) is 4.82. The maximum atomic E-state index is 4.38.